The molecular weight excluding hydrogens is 185 g/mol. The van der Waals surface area contributed by atoms with Crippen LogP contribution < -0.4 is 0 Å². The van der Waals surface area contributed by atoms with Gasteiger partial charge in [0.25, 0.3) is 0 Å². The van der Waals surface area contributed by atoms with E-state index in [0.717, 1.165) is 5.92 Å². The van der Waals surface area contributed by atoms with Crippen molar-refractivity contribution in [3.8, 4) is 0 Å². The normalized spacial score (nSPS) is 16.6. The first-order valence-electron chi connectivity index (χ1n) is 2.78. The molecule has 0 heterocycles. The number of allylic oxidation sites excluding steroid dienone is 4. The third-order valence-corrected chi connectivity index (χ3v) is 1.30. The molecule has 0 N–H and O–H groups in total. The molecule has 0 aromatic carbocycles. The maximum atomic E-state index is 2.22. The van der Waals surface area contributed by atoms with Crippen LogP contribution in [0.15, 0.2) is 24.3 Å². The van der Waals surface area contributed by atoms with Crippen molar-refractivity contribution >= 4 is 0 Å². The van der Waals surface area contributed by atoms with Gasteiger partial charge in [0, 0.05) is 19.5 Å². The summed E-state index contributed by atoms with van der Waals surface area (Å²) < 4.78 is 0. The zero-order valence-electron chi connectivity index (χ0n) is 4.95. The molecule has 0 fully saturated rings. The van der Waals surface area contributed by atoms with Crippen molar-refractivity contribution in [3.05, 3.63) is 24.3 Å². The second-order valence-corrected chi connectivity index (χ2v) is 1.84. The molecule has 0 aliphatic heterocycles. The van der Waals surface area contributed by atoms with Crippen LogP contribution in [0.4, 0.5) is 0 Å². The van der Waals surface area contributed by atoms with Gasteiger partial charge in [-0.05, 0) is 12.3 Å². The van der Waals surface area contributed by atoms with Crippen molar-refractivity contribution in [3.63, 3.8) is 0 Å². The summed E-state index contributed by atoms with van der Waals surface area (Å²) in [4.78, 5) is 0. The molecule has 0 saturated heterocycles. The Kier molecular flexibility index (Phi) is 4.08. The van der Waals surface area contributed by atoms with Crippen LogP contribution in [0.5, 0.6) is 0 Å². The molecule has 1 aliphatic carbocycles. The minimum absolute atomic E-state index is 0. The van der Waals surface area contributed by atoms with Crippen LogP contribution in [-0.2, 0) is 19.5 Å². The van der Waals surface area contributed by atoms with Crippen LogP contribution in [0.3, 0.4) is 0 Å². The van der Waals surface area contributed by atoms with E-state index in [0.29, 0.717) is 0 Å². The third-order valence-electron chi connectivity index (χ3n) is 1.30. The standard InChI is InChI=1S/C7H10.Ru/c1-2-7-5-3-4-6-7;/h3-7H,2H2,1H3;. The van der Waals surface area contributed by atoms with E-state index in [1.165, 1.54) is 6.42 Å². The molecule has 0 bridgehead atoms. The molecule has 0 atom stereocenters. The summed E-state index contributed by atoms with van der Waals surface area (Å²) in [6, 6.07) is 0. The molecule has 46 valence electrons. The van der Waals surface area contributed by atoms with Crippen molar-refractivity contribution in [1.82, 2.24) is 0 Å². The predicted octanol–water partition coefficient (Wildman–Crippen LogP) is 2.14. The zero-order chi connectivity index (χ0) is 5.11. The molecule has 0 aromatic rings. The average Bonchev–Trinajstić information content (AvgIpc) is 2.14. The molecule has 8 heavy (non-hydrogen) atoms. The summed E-state index contributed by atoms with van der Waals surface area (Å²) in [7, 11) is 0. The van der Waals surface area contributed by atoms with E-state index in [1.807, 2.05) is 0 Å². The molecular formula is C7H10Ru. The van der Waals surface area contributed by atoms with Crippen molar-refractivity contribution < 1.29 is 19.5 Å². The van der Waals surface area contributed by atoms with Gasteiger partial charge in [0.2, 0.25) is 0 Å². The zero-order valence-corrected chi connectivity index (χ0v) is 6.69. The summed E-state index contributed by atoms with van der Waals surface area (Å²) in [6.07, 6.45) is 9.90. The molecule has 0 unspecified atom stereocenters. The maximum absolute atomic E-state index is 2.22. The van der Waals surface area contributed by atoms with Crippen LogP contribution in [0.2, 0.25) is 0 Å². The number of hydrogen-bond acceptors (Lipinski definition) is 0. The van der Waals surface area contributed by atoms with Gasteiger partial charge in [-0.1, -0.05) is 31.2 Å². The molecule has 0 saturated carbocycles. The van der Waals surface area contributed by atoms with Gasteiger partial charge in [0.1, 0.15) is 0 Å². The number of hydrogen-bond donors (Lipinski definition) is 0. The largest absolute Gasteiger partial charge is 0.0776 e. The molecule has 1 heteroatoms. The fraction of sp³-hybridized carbons (Fsp3) is 0.429. The molecule has 0 spiro atoms. The van der Waals surface area contributed by atoms with Gasteiger partial charge in [0.05, 0.1) is 0 Å². The summed E-state index contributed by atoms with van der Waals surface area (Å²) in [5.74, 6) is 0.736. The van der Waals surface area contributed by atoms with Gasteiger partial charge < -0.3 is 0 Å². The van der Waals surface area contributed by atoms with E-state index in [4.69, 9.17) is 0 Å². The summed E-state index contributed by atoms with van der Waals surface area (Å²) in [5.41, 5.74) is 0. The van der Waals surface area contributed by atoms with Gasteiger partial charge in [0.15, 0.2) is 0 Å². The Morgan fingerprint density at radius 3 is 2.00 bits per heavy atom. The smallest absolute Gasteiger partial charge is 0 e. The second kappa shape index (κ2) is 4.03. The fourth-order valence-electron chi connectivity index (χ4n) is 0.750. The van der Waals surface area contributed by atoms with Crippen LogP contribution in [0.25, 0.3) is 0 Å². The van der Waals surface area contributed by atoms with Gasteiger partial charge in [-0.3, -0.25) is 0 Å². The monoisotopic (exact) mass is 196 g/mol. The first-order chi connectivity index (χ1) is 3.43. The predicted molar refractivity (Wildman–Crippen MR) is 32.1 cm³/mol. The van der Waals surface area contributed by atoms with Gasteiger partial charge in [-0.15, -0.1) is 0 Å². The van der Waals surface area contributed by atoms with Crippen molar-refractivity contribution in [2.75, 3.05) is 0 Å². The van der Waals surface area contributed by atoms with Crippen molar-refractivity contribution in [2.45, 2.75) is 13.3 Å². The third kappa shape index (κ3) is 1.92. The average molecular weight is 195 g/mol. The van der Waals surface area contributed by atoms with Crippen LogP contribution >= 0.6 is 0 Å². The first kappa shape index (κ1) is 8.10. The Balaban J connectivity index is 0.000000490. The summed E-state index contributed by atoms with van der Waals surface area (Å²) in [6.45, 7) is 2.20. The Morgan fingerprint density at radius 1 is 1.25 bits per heavy atom. The van der Waals surface area contributed by atoms with Crippen LogP contribution in [-0.4, -0.2) is 0 Å². The molecule has 0 radical (unpaired) electrons. The Bertz CT molecular complexity index is 91.0. The first-order valence-corrected chi connectivity index (χ1v) is 2.78. The van der Waals surface area contributed by atoms with Gasteiger partial charge in [-0.25, -0.2) is 0 Å². The molecule has 0 aromatic heterocycles. The SMILES string of the molecule is CCC1C=CC=C1.[Ru]. The minimum atomic E-state index is 0. The Labute approximate surface area is 63.4 Å². The van der Waals surface area contributed by atoms with Crippen LogP contribution in [0.1, 0.15) is 13.3 Å². The van der Waals surface area contributed by atoms with Crippen molar-refractivity contribution in [1.29, 1.82) is 0 Å². The molecule has 0 amide bonds. The summed E-state index contributed by atoms with van der Waals surface area (Å²) in [5, 5.41) is 0. The topological polar surface area (TPSA) is 0 Å². The van der Waals surface area contributed by atoms with E-state index < -0.39 is 0 Å². The van der Waals surface area contributed by atoms with Crippen molar-refractivity contribution in [2.24, 2.45) is 5.92 Å². The minimum Gasteiger partial charge on any atom is -0.0776 e. The maximum Gasteiger partial charge on any atom is 0 e. The van der Waals surface area contributed by atoms with E-state index in [9.17, 15) is 0 Å². The fourth-order valence-corrected chi connectivity index (χ4v) is 0.750. The van der Waals surface area contributed by atoms with Gasteiger partial charge in [-0.2, -0.15) is 0 Å². The second-order valence-electron chi connectivity index (χ2n) is 1.84. The molecule has 1 rings (SSSR count). The molecule has 0 nitrogen and oxygen atoms in total. The van der Waals surface area contributed by atoms with E-state index >= 15 is 0 Å². The van der Waals surface area contributed by atoms with Gasteiger partial charge >= 0.3 is 0 Å². The van der Waals surface area contributed by atoms with Crippen LogP contribution in [0, 0.1) is 5.92 Å². The van der Waals surface area contributed by atoms with E-state index in [1.54, 1.807) is 0 Å². The quantitative estimate of drug-likeness (QED) is 0.562. The summed E-state index contributed by atoms with van der Waals surface area (Å²) >= 11 is 0. The Hall–Kier alpha value is 0.103. The number of rotatable bonds is 1. The van der Waals surface area contributed by atoms with E-state index in [-0.39, 0.29) is 19.5 Å². The molecule has 1 aliphatic rings. The van der Waals surface area contributed by atoms with E-state index in [2.05, 4.69) is 31.2 Å². The Morgan fingerprint density at radius 2 is 1.75 bits per heavy atom.